The quantitative estimate of drug-likeness (QED) is 0.167. The lowest BCUT2D eigenvalue weighted by Crippen LogP contribution is -2.55. The van der Waals surface area contributed by atoms with E-state index < -0.39 is 70.0 Å². The van der Waals surface area contributed by atoms with Crippen LogP contribution in [0.4, 0.5) is 17.1 Å². The van der Waals surface area contributed by atoms with Crippen LogP contribution in [0.5, 0.6) is 0 Å². The number of nitrogens with zero attached hydrogens (tertiary/aromatic N) is 1. The molecule has 1 nitrogen and oxygen atoms in total. The van der Waals surface area contributed by atoms with Gasteiger partial charge in [0.1, 0.15) is 0 Å². The summed E-state index contributed by atoms with van der Waals surface area (Å²) in [5.41, 5.74) is 2.67. The van der Waals surface area contributed by atoms with Crippen molar-refractivity contribution in [3.63, 3.8) is 0 Å². The Morgan fingerprint density at radius 3 is 1.33 bits per heavy atom. The SMILES string of the molecule is [2H]c1c([2H])c(N(c2ccc3c(c2)C2(c4ccccc4-3)C3CC4CC(C3)CC2C4)c2c([2H])c([2H])c(-c3c([2H])c([2H])c4c(c3[2H])C(C)(C)CCC4(C)C)c([2H])c2[2H])c([2H])c([2H])c1-c1c([2H])c([2H])c2c(c1[2H])C(C)(C)CCC2(C)C. The largest absolute Gasteiger partial charge is 0.310 e. The van der Waals surface area contributed by atoms with E-state index in [1.54, 1.807) is 6.07 Å². The van der Waals surface area contributed by atoms with Crippen LogP contribution in [0, 0.1) is 23.7 Å². The van der Waals surface area contributed by atoms with Gasteiger partial charge in [0, 0.05) is 22.5 Å². The second-order valence-electron chi connectivity index (χ2n) is 22.8. The van der Waals surface area contributed by atoms with Crippen LogP contribution < -0.4 is 4.90 Å². The molecule has 0 radical (unpaired) electrons. The third kappa shape index (κ3) is 5.93. The van der Waals surface area contributed by atoms with E-state index >= 15 is 0 Å². The highest BCUT2D eigenvalue weighted by Gasteiger charge is 2.61. The molecule has 320 valence electrons. The van der Waals surface area contributed by atoms with E-state index in [0.29, 0.717) is 64.5 Å². The van der Waals surface area contributed by atoms with Crippen LogP contribution in [0.1, 0.15) is 166 Å². The summed E-state index contributed by atoms with van der Waals surface area (Å²) in [6.07, 6.45) is 8.38. The van der Waals surface area contributed by atoms with Gasteiger partial charge in [0.15, 0.2) is 0 Å². The lowest BCUT2D eigenvalue weighted by Gasteiger charge is -2.61. The Balaban J connectivity index is 1.14. The summed E-state index contributed by atoms with van der Waals surface area (Å²) in [5.74, 6) is 1.94. The summed E-state index contributed by atoms with van der Waals surface area (Å²) < 4.78 is 137. The van der Waals surface area contributed by atoms with Crippen LogP contribution >= 0.6 is 0 Å². The second kappa shape index (κ2) is 13.6. The third-order valence-electron chi connectivity index (χ3n) is 17.0. The first-order valence-electron chi connectivity index (χ1n) is 30.6. The Bertz CT molecular complexity index is 3370. The molecule has 7 aliphatic rings. The van der Waals surface area contributed by atoms with Crippen molar-refractivity contribution in [3.8, 4) is 33.4 Å². The van der Waals surface area contributed by atoms with Gasteiger partial charge in [0.2, 0.25) is 0 Å². The zero-order valence-corrected chi connectivity index (χ0v) is 38.2. The average molecular weight is 840 g/mol. The van der Waals surface area contributed by atoms with Gasteiger partial charge in [-0.25, -0.2) is 0 Å². The monoisotopic (exact) mass is 840 g/mol. The Hall–Kier alpha value is -4.88. The summed E-state index contributed by atoms with van der Waals surface area (Å²) in [5, 5.41) is 0. The van der Waals surface area contributed by atoms with Gasteiger partial charge in [-0.2, -0.15) is 0 Å². The van der Waals surface area contributed by atoms with Gasteiger partial charge in [-0.3, -0.25) is 0 Å². The average Bonchev–Trinajstić information content (AvgIpc) is 3.89. The minimum atomic E-state index is -0.602. The molecule has 0 N–H and O–H groups in total. The number of anilines is 3. The van der Waals surface area contributed by atoms with Crippen LogP contribution in [0.25, 0.3) is 33.4 Å². The topological polar surface area (TPSA) is 3.24 Å². The molecule has 63 heavy (non-hydrogen) atoms. The van der Waals surface area contributed by atoms with Crippen molar-refractivity contribution in [3.05, 3.63) is 160 Å². The maximum Gasteiger partial charge on any atom is 0.0645 e. The Labute approximate surface area is 398 Å². The number of hydrogen-bond donors (Lipinski definition) is 0. The summed E-state index contributed by atoms with van der Waals surface area (Å²) in [7, 11) is 0. The van der Waals surface area contributed by atoms with Gasteiger partial charge in [0.25, 0.3) is 0 Å². The van der Waals surface area contributed by atoms with Crippen LogP contribution in [0.15, 0.2) is 127 Å². The minimum Gasteiger partial charge on any atom is -0.310 e. The van der Waals surface area contributed by atoms with Gasteiger partial charge >= 0.3 is 0 Å². The Morgan fingerprint density at radius 1 is 0.413 bits per heavy atom. The molecule has 0 saturated heterocycles. The molecule has 0 aliphatic heterocycles. The zero-order chi connectivity index (χ0) is 55.4. The van der Waals surface area contributed by atoms with Crippen molar-refractivity contribution >= 4 is 17.1 Å². The molecule has 0 amide bonds. The van der Waals surface area contributed by atoms with Crippen molar-refractivity contribution in [1.82, 2.24) is 0 Å². The Kier molecular flexibility index (Phi) is 5.91. The molecule has 4 fully saturated rings. The molecule has 0 aromatic heterocycles. The normalized spacial score (nSPS) is 30.2. The lowest BCUT2D eigenvalue weighted by atomic mass is 9.43. The zero-order valence-electron chi connectivity index (χ0n) is 52.2. The molecule has 0 heterocycles. The van der Waals surface area contributed by atoms with Crippen molar-refractivity contribution in [2.45, 2.75) is 140 Å². The number of rotatable bonds is 5. The standard InChI is InChI=1S/C62H67N/c1-58(2)27-29-60(5,6)56-36-43(17-25-53(56)58)41-13-19-47(20-14-41)63(48-21-15-42(16-22-48)44-18-26-54-57(37-44)61(7,8)30-28-59(54,3)4)49-23-24-51-50-11-9-10-12-52(50)62(55(51)38-49)45-32-39-31-40(34-45)35-46(62)33-39/h9-26,36-40,45-46H,27-35H2,1-8H3/i13D,14D,15D,16D,17D,18D,19D,20D,21D,22D,25D,26D,36D,37D. The minimum absolute atomic E-state index is 0.119. The van der Waals surface area contributed by atoms with Gasteiger partial charge < -0.3 is 4.90 Å². The predicted molar refractivity (Wildman–Crippen MR) is 266 cm³/mol. The summed E-state index contributed by atoms with van der Waals surface area (Å²) in [4.78, 5) is 1.33. The van der Waals surface area contributed by atoms with E-state index in [2.05, 4.69) is 18.2 Å². The van der Waals surface area contributed by atoms with Crippen LogP contribution in [-0.4, -0.2) is 0 Å². The second-order valence-corrected chi connectivity index (χ2v) is 22.8. The fourth-order valence-electron chi connectivity index (χ4n) is 13.6. The van der Waals surface area contributed by atoms with E-state index in [-0.39, 0.29) is 75.3 Å². The third-order valence-corrected chi connectivity index (χ3v) is 17.0. The van der Waals surface area contributed by atoms with E-state index in [4.69, 9.17) is 0 Å². The van der Waals surface area contributed by atoms with E-state index in [1.807, 2.05) is 73.6 Å². The van der Waals surface area contributed by atoms with Crippen molar-refractivity contribution < 1.29 is 19.2 Å². The highest BCUT2D eigenvalue weighted by molar-refractivity contribution is 5.87. The van der Waals surface area contributed by atoms with Crippen molar-refractivity contribution in [2.75, 3.05) is 4.90 Å². The van der Waals surface area contributed by atoms with E-state index in [1.165, 1.54) is 16.9 Å². The smallest absolute Gasteiger partial charge is 0.0645 e. The highest BCUT2D eigenvalue weighted by Crippen LogP contribution is 2.69. The van der Waals surface area contributed by atoms with E-state index in [0.717, 1.165) is 55.2 Å². The molecule has 13 rings (SSSR count). The van der Waals surface area contributed by atoms with E-state index in [9.17, 15) is 19.2 Å². The summed E-state index contributed by atoms with van der Waals surface area (Å²) in [6.45, 7) is 15.9. The fourth-order valence-corrected chi connectivity index (χ4v) is 13.6. The molecule has 6 aromatic carbocycles. The van der Waals surface area contributed by atoms with Crippen molar-refractivity contribution in [2.24, 2.45) is 23.7 Å². The first kappa shape index (κ1) is 27.4. The van der Waals surface area contributed by atoms with Crippen LogP contribution in [-0.2, 0) is 27.1 Å². The van der Waals surface area contributed by atoms with Gasteiger partial charge in [-0.1, -0.05) is 146 Å². The molecule has 1 spiro atoms. The fraction of sp³-hybridized carbons (Fsp3) is 0.419. The number of benzene rings is 6. The molecule has 0 atom stereocenters. The van der Waals surface area contributed by atoms with Gasteiger partial charge in [0.05, 0.1) is 19.2 Å². The molecular formula is C62H67N. The predicted octanol–water partition coefficient (Wildman–Crippen LogP) is 16.9. The summed E-state index contributed by atoms with van der Waals surface area (Å²) >= 11 is 0. The number of hydrogen-bond acceptors (Lipinski definition) is 1. The molecular weight excluding hydrogens is 759 g/mol. The molecule has 6 aromatic rings. The first-order chi connectivity index (χ1) is 36.0. The van der Waals surface area contributed by atoms with Crippen LogP contribution in [0.2, 0.25) is 0 Å². The van der Waals surface area contributed by atoms with Gasteiger partial charge in [-0.05, 0) is 206 Å². The molecule has 1 heteroatoms. The Morgan fingerprint density at radius 2 is 0.841 bits per heavy atom. The van der Waals surface area contributed by atoms with Crippen LogP contribution in [0.3, 0.4) is 0 Å². The van der Waals surface area contributed by atoms with Gasteiger partial charge in [-0.15, -0.1) is 0 Å². The number of fused-ring (bicyclic) bond motifs is 5. The maximum absolute atomic E-state index is 10.0. The molecule has 4 saturated carbocycles. The maximum atomic E-state index is 10.0. The molecule has 7 aliphatic carbocycles. The van der Waals surface area contributed by atoms with Crippen molar-refractivity contribution in [1.29, 1.82) is 0 Å². The first-order valence-corrected chi connectivity index (χ1v) is 23.6. The lowest BCUT2D eigenvalue weighted by molar-refractivity contribution is -0.0399. The summed E-state index contributed by atoms with van der Waals surface area (Å²) in [6, 6.07) is 8.40. The highest BCUT2D eigenvalue weighted by atomic mass is 15.1. The molecule has 4 bridgehead atoms. The molecule has 0 unspecified atom stereocenters.